The minimum atomic E-state index is -3.13. The third-order valence-electron chi connectivity index (χ3n) is 9.98. The summed E-state index contributed by atoms with van der Waals surface area (Å²) in [6.07, 6.45) is -2.01. The van der Waals surface area contributed by atoms with Gasteiger partial charge in [-0.1, -0.05) is 93.0 Å². The highest BCUT2D eigenvalue weighted by atomic mass is 35.5. The normalized spacial score (nSPS) is 18.6. The van der Waals surface area contributed by atoms with Gasteiger partial charge in [0.2, 0.25) is 5.96 Å². The van der Waals surface area contributed by atoms with Crippen LogP contribution in [0.25, 0.3) is 16.8 Å². The number of rotatable bonds is 12. The van der Waals surface area contributed by atoms with E-state index in [0.29, 0.717) is 26.9 Å². The van der Waals surface area contributed by atoms with Crippen LogP contribution in [0, 0.1) is 5.41 Å². The number of likely N-dealkylation sites (tertiary alicyclic amines) is 1. The molecule has 2 saturated heterocycles. The zero-order valence-electron chi connectivity index (χ0n) is 33.2. The molecule has 0 aliphatic carbocycles. The summed E-state index contributed by atoms with van der Waals surface area (Å²) in [6, 6.07) is 17.7. The number of benzene rings is 3. The number of nitrogens with zero attached hydrogens (tertiary/aromatic N) is 8. The average molecular weight is 886 g/mol. The molecule has 2 aromatic heterocycles. The topological polar surface area (TPSA) is 149 Å². The first kappa shape index (κ1) is 43.6. The molecule has 0 bridgehead atoms. The SMILES string of the molecule is CC(C)(C)C[C@]1(c2ccc(-c3cnn(C(F)F)c3)cc2)N/C(=N/C(=O)OCc2ccccc2)N([C@H](COC(=O)N2CC(F)(F)C2)c2ccc(Cl)c(-n3ncnc3C(F)F)c2)C1=O. The standard InChI is InChI=1S/C41H38ClF6N9O5/c1-39(2,3)20-41(28-12-9-25(10-13-28)27-16-50-55(17-27)35(45)46)34(58)56(36(53-41)52-37(59)61-18-24-7-5-4-6-8-24)31(19-62-38(60)54-21-40(47,48)22-54)26-11-14-29(42)30(15-26)57-33(32(43)44)49-23-51-57/h4-17,23,31-32,35H,18-22H2,1-3H3,(H,52,53,59)/t31-,41-/m1/s1. The fourth-order valence-electron chi connectivity index (χ4n) is 7.26. The lowest BCUT2D eigenvalue weighted by Crippen LogP contribution is -2.58. The van der Waals surface area contributed by atoms with Crippen LogP contribution in [0.4, 0.5) is 35.9 Å². The van der Waals surface area contributed by atoms with Crippen LogP contribution in [-0.2, 0) is 26.4 Å². The van der Waals surface area contributed by atoms with Crippen LogP contribution < -0.4 is 5.32 Å². The van der Waals surface area contributed by atoms with Crippen LogP contribution in [-0.4, -0.2) is 84.0 Å². The van der Waals surface area contributed by atoms with Gasteiger partial charge in [0.1, 0.15) is 25.1 Å². The minimum absolute atomic E-state index is 0.0357. The first-order chi connectivity index (χ1) is 29.3. The first-order valence-corrected chi connectivity index (χ1v) is 19.3. The van der Waals surface area contributed by atoms with Gasteiger partial charge in [-0.2, -0.15) is 19.0 Å². The van der Waals surface area contributed by atoms with Crippen molar-refractivity contribution in [1.82, 2.24) is 39.7 Å². The van der Waals surface area contributed by atoms with Gasteiger partial charge in [-0.05, 0) is 46.2 Å². The summed E-state index contributed by atoms with van der Waals surface area (Å²) in [7, 11) is 0. The van der Waals surface area contributed by atoms with Crippen LogP contribution >= 0.6 is 11.6 Å². The van der Waals surface area contributed by atoms with E-state index < -0.39 is 79.5 Å². The summed E-state index contributed by atoms with van der Waals surface area (Å²) in [6.45, 7) is -0.0626. The lowest BCUT2D eigenvalue weighted by Gasteiger charge is -2.38. The summed E-state index contributed by atoms with van der Waals surface area (Å²) in [4.78, 5) is 51.9. The van der Waals surface area contributed by atoms with Gasteiger partial charge in [-0.25, -0.2) is 41.5 Å². The van der Waals surface area contributed by atoms with Crippen molar-refractivity contribution >= 4 is 35.7 Å². The molecule has 21 heteroatoms. The monoisotopic (exact) mass is 885 g/mol. The molecular formula is C41H38ClF6N9O5. The van der Waals surface area contributed by atoms with Gasteiger partial charge >= 0.3 is 18.7 Å². The second-order valence-corrected chi connectivity index (χ2v) is 16.2. The van der Waals surface area contributed by atoms with E-state index in [2.05, 4.69) is 25.5 Å². The number of halogens is 7. The highest BCUT2D eigenvalue weighted by Crippen LogP contribution is 2.43. The summed E-state index contributed by atoms with van der Waals surface area (Å²) in [5, 5.41) is 10.7. The van der Waals surface area contributed by atoms with Crippen molar-refractivity contribution in [2.45, 2.75) is 64.3 Å². The van der Waals surface area contributed by atoms with E-state index >= 15 is 4.79 Å². The minimum Gasteiger partial charge on any atom is -0.447 e. The third kappa shape index (κ3) is 9.24. The maximum absolute atomic E-state index is 15.5. The number of aromatic nitrogens is 5. The molecule has 2 atom stereocenters. The van der Waals surface area contributed by atoms with Gasteiger partial charge in [0, 0.05) is 11.8 Å². The van der Waals surface area contributed by atoms with E-state index in [1.54, 1.807) is 54.6 Å². The van der Waals surface area contributed by atoms with Gasteiger partial charge in [0.25, 0.3) is 18.3 Å². The molecule has 0 saturated carbocycles. The second-order valence-electron chi connectivity index (χ2n) is 15.8. The molecule has 0 spiro atoms. The lowest BCUT2D eigenvalue weighted by molar-refractivity contribution is -0.135. The third-order valence-corrected chi connectivity index (χ3v) is 10.3. The average Bonchev–Trinajstić information content (AvgIpc) is 3.97. The number of nitrogens with one attached hydrogen (secondary N) is 1. The van der Waals surface area contributed by atoms with E-state index in [-0.39, 0.29) is 35.3 Å². The number of alkyl halides is 6. The Kier molecular flexibility index (Phi) is 12.1. The molecule has 2 fully saturated rings. The van der Waals surface area contributed by atoms with Crippen LogP contribution in [0.3, 0.4) is 0 Å². The molecule has 0 radical (unpaired) electrons. The highest BCUT2D eigenvalue weighted by molar-refractivity contribution is 6.32. The molecule has 4 heterocycles. The largest absolute Gasteiger partial charge is 0.447 e. The number of guanidine groups is 1. The number of carbonyl (C=O) groups is 3. The molecule has 14 nitrogen and oxygen atoms in total. The highest BCUT2D eigenvalue weighted by Gasteiger charge is 2.56. The molecule has 1 N–H and O–H groups in total. The van der Waals surface area contributed by atoms with Crippen molar-refractivity contribution in [2.24, 2.45) is 10.4 Å². The first-order valence-electron chi connectivity index (χ1n) is 19.0. The van der Waals surface area contributed by atoms with E-state index in [4.69, 9.17) is 21.1 Å². The van der Waals surface area contributed by atoms with Crippen molar-refractivity contribution in [1.29, 1.82) is 0 Å². The smallest absolute Gasteiger partial charge is 0.437 e. The van der Waals surface area contributed by atoms with Gasteiger partial charge in [0.15, 0.2) is 5.82 Å². The van der Waals surface area contributed by atoms with Crippen LogP contribution in [0.2, 0.25) is 5.02 Å². The van der Waals surface area contributed by atoms with Crippen molar-refractivity contribution in [2.75, 3.05) is 19.7 Å². The predicted octanol–water partition coefficient (Wildman–Crippen LogP) is 8.70. The molecule has 7 rings (SSSR count). The van der Waals surface area contributed by atoms with E-state index in [0.717, 1.165) is 27.0 Å². The van der Waals surface area contributed by atoms with Crippen molar-refractivity contribution in [3.05, 3.63) is 119 Å². The molecule has 2 aliphatic rings. The number of aliphatic imine (C=N–C) groups is 1. The fraction of sp³-hybridized carbons (Fsp3) is 0.341. The van der Waals surface area contributed by atoms with Crippen LogP contribution in [0.15, 0.2) is 96.5 Å². The van der Waals surface area contributed by atoms with E-state index in [1.165, 1.54) is 24.4 Å². The number of hydrogen-bond donors (Lipinski definition) is 1. The van der Waals surface area contributed by atoms with Crippen LogP contribution in [0.5, 0.6) is 0 Å². The Morgan fingerprint density at radius 2 is 1.66 bits per heavy atom. The number of amides is 3. The van der Waals surface area contributed by atoms with Gasteiger partial charge in [-0.15, -0.1) is 4.99 Å². The Labute approximate surface area is 355 Å². The summed E-state index contributed by atoms with van der Waals surface area (Å²) < 4.78 is 94.8. The Balaban J connectivity index is 1.36. The lowest BCUT2D eigenvalue weighted by atomic mass is 9.75. The quantitative estimate of drug-likeness (QED) is 0.122. The molecule has 3 aromatic carbocycles. The number of carbonyl (C=O) groups excluding carboxylic acids is 3. The van der Waals surface area contributed by atoms with Crippen molar-refractivity contribution in [3.8, 4) is 16.8 Å². The Hall–Kier alpha value is -6.44. The molecule has 62 heavy (non-hydrogen) atoms. The molecule has 5 aromatic rings. The zero-order valence-corrected chi connectivity index (χ0v) is 33.9. The molecule has 0 unspecified atom stereocenters. The van der Waals surface area contributed by atoms with E-state index in [9.17, 15) is 35.9 Å². The molecule has 2 aliphatic heterocycles. The van der Waals surface area contributed by atoms with Gasteiger partial charge < -0.3 is 14.8 Å². The summed E-state index contributed by atoms with van der Waals surface area (Å²) in [5.41, 5.74) is -0.586. The number of ether oxygens (including phenoxy) is 2. The van der Waals surface area contributed by atoms with Crippen molar-refractivity contribution < 1.29 is 50.2 Å². The van der Waals surface area contributed by atoms with Crippen molar-refractivity contribution in [3.63, 3.8) is 0 Å². The summed E-state index contributed by atoms with van der Waals surface area (Å²) >= 11 is 6.52. The Morgan fingerprint density at radius 1 is 0.952 bits per heavy atom. The molecule has 326 valence electrons. The van der Waals surface area contributed by atoms with E-state index in [1.807, 2.05) is 20.8 Å². The Bertz CT molecular complexity index is 2470. The van der Waals surface area contributed by atoms with Gasteiger partial charge in [-0.3, -0.25) is 14.6 Å². The zero-order chi connectivity index (χ0) is 44.6. The molecule has 3 amide bonds. The Morgan fingerprint density at radius 3 is 2.29 bits per heavy atom. The summed E-state index contributed by atoms with van der Waals surface area (Å²) in [5.74, 6) is -5.00. The fourth-order valence-corrected chi connectivity index (χ4v) is 7.45. The van der Waals surface area contributed by atoms with Crippen LogP contribution in [0.1, 0.15) is 68.7 Å². The number of hydrogen-bond acceptors (Lipinski definition) is 8. The van der Waals surface area contributed by atoms with Gasteiger partial charge in [0.05, 0.1) is 36.0 Å². The maximum atomic E-state index is 15.5. The maximum Gasteiger partial charge on any atom is 0.437 e. The second kappa shape index (κ2) is 17.1. The predicted molar refractivity (Wildman–Crippen MR) is 211 cm³/mol. The molecular weight excluding hydrogens is 848 g/mol.